The van der Waals surface area contributed by atoms with Crippen LogP contribution in [0.2, 0.25) is 10.0 Å². The van der Waals surface area contributed by atoms with Gasteiger partial charge in [0.25, 0.3) is 11.8 Å². The lowest BCUT2D eigenvalue weighted by atomic mass is 9.70. The van der Waals surface area contributed by atoms with Crippen LogP contribution in [-0.2, 0) is 20.0 Å². The summed E-state index contributed by atoms with van der Waals surface area (Å²) in [7, 11) is 0. The van der Waals surface area contributed by atoms with Gasteiger partial charge >= 0.3 is 0 Å². The molecule has 0 unspecified atom stereocenters. The molecule has 1 saturated carbocycles. The lowest BCUT2D eigenvalue weighted by Gasteiger charge is -2.54. The molecule has 2 aliphatic carbocycles. The predicted octanol–water partition coefficient (Wildman–Crippen LogP) is 4.15. The Labute approximate surface area is 251 Å². The fourth-order valence-corrected chi connectivity index (χ4v) is 7.55. The first kappa shape index (κ1) is 28.8. The quantitative estimate of drug-likeness (QED) is 0.466. The Kier molecular flexibility index (Phi) is 7.19. The number of aliphatic hydroxyl groups is 1. The third-order valence-electron chi connectivity index (χ3n) is 9.17. The van der Waals surface area contributed by atoms with Crippen molar-refractivity contribution in [3.8, 4) is 17.2 Å². The summed E-state index contributed by atoms with van der Waals surface area (Å²) >= 11 is 12.5. The standard InChI is InChI=1S/C30H28Cl2F2N4O4/c31-16-3-6-20-21-7-4-17(32)12-24(21)30(42,23(20)11-16)28(41)38-19-5-8-22(29(33,34)13-19)25(38)27(40)37-18(14-35)10-15-2-1-9-36-26(15)39/h3-4,6-7,11-12,15,18-19,22,25,42H,1-2,5,8-10,13H2,(H,36,39)(H,37,40)/t15-,18-,19+,22+,25-/m1/s1. The molecule has 0 spiro atoms. The van der Waals surface area contributed by atoms with Crippen LogP contribution >= 0.6 is 23.2 Å². The summed E-state index contributed by atoms with van der Waals surface area (Å²) in [6.07, 6.45) is 0.831. The molecule has 3 heterocycles. The molecular formula is C30H28Cl2F2N4O4. The second-order valence-corrected chi connectivity index (χ2v) is 12.5. The molecule has 3 N–H and O–H groups in total. The van der Waals surface area contributed by atoms with Gasteiger partial charge in [-0.25, -0.2) is 8.78 Å². The summed E-state index contributed by atoms with van der Waals surface area (Å²) in [6, 6.07) is 7.61. The van der Waals surface area contributed by atoms with Gasteiger partial charge in [-0.15, -0.1) is 0 Å². The van der Waals surface area contributed by atoms with Crippen molar-refractivity contribution < 1.29 is 28.3 Å². The highest BCUT2D eigenvalue weighted by atomic mass is 35.5. The minimum atomic E-state index is -3.24. The number of nitrogens with one attached hydrogen (secondary N) is 2. The van der Waals surface area contributed by atoms with Gasteiger partial charge in [-0.2, -0.15) is 5.26 Å². The van der Waals surface area contributed by atoms with Gasteiger partial charge in [0.05, 0.1) is 12.0 Å². The Bertz CT molecular complexity index is 1480. The third-order valence-corrected chi connectivity index (χ3v) is 9.64. The molecule has 3 aliphatic heterocycles. The highest BCUT2D eigenvalue weighted by Crippen LogP contribution is 2.54. The van der Waals surface area contributed by atoms with E-state index in [1.54, 1.807) is 24.3 Å². The van der Waals surface area contributed by atoms with Crippen molar-refractivity contribution in [1.29, 1.82) is 5.26 Å². The number of hydrogen-bond acceptors (Lipinski definition) is 5. The van der Waals surface area contributed by atoms with E-state index in [0.717, 1.165) is 11.3 Å². The van der Waals surface area contributed by atoms with Crippen molar-refractivity contribution in [1.82, 2.24) is 15.5 Å². The maximum absolute atomic E-state index is 15.3. The van der Waals surface area contributed by atoms with E-state index in [2.05, 4.69) is 10.6 Å². The summed E-state index contributed by atoms with van der Waals surface area (Å²) in [6.45, 7) is 0.530. The van der Waals surface area contributed by atoms with E-state index >= 15 is 8.78 Å². The number of rotatable bonds is 5. The zero-order valence-electron chi connectivity index (χ0n) is 22.4. The van der Waals surface area contributed by atoms with Gasteiger partial charge in [-0.1, -0.05) is 35.3 Å². The van der Waals surface area contributed by atoms with E-state index in [4.69, 9.17) is 23.2 Å². The van der Waals surface area contributed by atoms with Crippen molar-refractivity contribution in [2.45, 2.75) is 68.2 Å². The summed E-state index contributed by atoms with van der Waals surface area (Å²) < 4.78 is 30.6. The van der Waals surface area contributed by atoms with Gasteiger partial charge in [-0.05, 0) is 67.5 Å². The van der Waals surface area contributed by atoms with E-state index in [1.807, 2.05) is 6.07 Å². The Morgan fingerprint density at radius 2 is 1.76 bits per heavy atom. The number of halogens is 4. The number of hydrogen-bond donors (Lipinski definition) is 3. The van der Waals surface area contributed by atoms with E-state index < -0.39 is 59.7 Å². The number of fused-ring (bicyclic) bond motifs is 6. The second-order valence-electron chi connectivity index (χ2n) is 11.6. The highest BCUT2D eigenvalue weighted by molar-refractivity contribution is 6.31. The average Bonchev–Trinajstić information content (AvgIpc) is 3.20. The largest absolute Gasteiger partial charge is 0.372 e. The van der Waals surface area contributed by atoms with Crippen molar-refractivity contribution in [3.63, 3.8) is 0 Å². The zero-order valence-corrected chi connectivity index (χ0v) is 23.9. The molecule has 7 rings (SSSR count). The molecule has 4 fully saturated rings. The molecule has 2 bridgehead atoms. The summed E-state index contributed by atoms with van der Waals surface area (Å²) in [4.78, 5) is 41.7. The maximum atomic E-state index is 15.3. The van der Waals surface area contributed by atoms with Gasteiger partial charge in [0.15, 0.2) is 5.60 Å². The van der Waals surface area contributed by atoms with Crippen molar-refractivity contribution in [3.05, 3.63) is 57.6 Å². The molecule has 5 atom stereocenters. The third kappa shape index (κ3) is 4.53. The van der Waals surface area contributed by atoms with Crippen molar-refractivity contribution in [2.24, 2.45) is 11.8 Å². The molecular weight excluding hydrogens is 589 g/mol. The molecule has 12 heteroatoms. The smallest absolute Gasteiger partial charge is 0.264 e. The van der Waals surface area contributed by atoms with Crippen LogP contribution in [0.4, 0.5) is 8.78 Å². The maximum Gasteiger partial charge on any atom is 0.264 e. The zero-order chi connectivity index (χ0) is 30.0. The summed E-state index contributed by atoms with van der Waals surface area (Å²) in [5.74, 6) is -7.35. The lowest BCUT2D eigenvalue weighted by molar-refractivity contribution is -0.201. The van der Waals surface area contributed by atoms with E-state index in [0.29, 0.717) is 24.1 Å². The Hall–Kier alpha value is -3.26. The van der Waals surface area contributed by atoms with Gasteiger partial charge < -0.3 is 20.6 Å². The summed E-state index contributed by atoms with van der Waals surface area (Å²) in [5.41, 5.74) is -0.942. The Balaban J connectivity index is 1.38. The SMILES string of the molecule is N#C[C@@H](C[C@H]1CCCNC1=O)NC(=O)[C@H]1[C@@H]2CC[C@@H](CC2(F)F)N1C(=O)C1(O)c2cc(Cl)ccc2-c2ccc(Cl)cc21. The molecule has 220 valence electrons. The topological polar surface area (TPSA) is 123 Å². The first-order valence-electron chi connectivity index (χ1n) is 14.0. The summed E-state index contributed by atoms with van der Waals surface area (Å²) in [5, 5.41) is 27.8. The molecule has 0 aromatic heterocycles. The number of benzene rings is 2. The van der Waals surface area contributed by atoms with Crippen LogP contribution in [0.1, 0.15) is 49.7 Å². The molecule has 3 amide bonds. The first-order valence-corrected chi connectivity index (χ1v) is 14.7. The first-order chi connectivity index (χ1) is 20.0. The molecule has 2 aromatic carbocycles. The lowest BCUT2D eigenvalue weighted by Crippen LogP contribution is -2.70. The second kappa shape index (κ2) is 10.5. The molecule has 0 radical (unpaired) electrons. The van der Waals surface area contributed by atoms with Crippen LogP contribution in [0, 0.1) is 23.2 Å². The minimum absolute atomic E-state index is 0.00889. The van der Waals surface area contributed by atoms with Gasteiger partial charge in [0, 0.05) is 46.1 Å². The minimum Gasteiger partial charge on any atom is -0.372 e. The average molecular weight is 617 g/mol. The van der Waals surface area contributed by atoms with Crippen molar-refractivity contribution >= 4 is 40.9 Å². The van der Waals surface area contributed by atoms with E-state index in [9.17, 15) is 24.8 Å². The molecule has 2 aromatic rings. The number of piperidine rings is 3. The number of amides is 3. The number of carbonyl (C=O) groups excluding carboxylic acids is 3. The van der Waals surface area contributed by atoms with Crippen LogP contribution < -0.4 is 10.6 Å². The van der Waals surface area contributed by atoms with Crippen LogP contribution in [-0.4, -0.2) is 58.3 Å². The fraction of sp³-hybridized carbons (Fsp3) is 0.467. The highest BCUT2D eigenvalue weighted by Gasteiger charge is 2.63. The predicted molar refractivity (Wildman–Crippen MR) is 150 cm³/mol. The van der Waals surface area contributed by atoms with Gasteiger partial charge in [-0.3, -0.25) is 14.4 Å². The molecule has 8 nitrogen and oxygen atoms in total. The Morgan fingerprint density at radius 3 is 2.33 bits per heavy atom. The number of carbonyl (C=O) groups is 3. The molecule has 3 saturated heterocycles. The normalized spacial score (nSPS) is 27.3. The van der Waals surface area contributed by atoms with Gasteiger partial charge in [0.2, 0.25) is 11.8 Å². The number of nitrogens with zero attached hydrogens (tertiary/aromatic N) is 2. The van der Waals surface area contributed by atoms with Crippen LogP contribution in [0.25, 0.3) is 11.1 Å². The van der Waals surface area contributed by atoms with E-state index in [-0.39, 0.29) is 46.3 Å². The Morgan fingerprint density at radius 1 is 1.12 bits per heavy atom. The monoisotopic (exact) mass is 616 g/mol. The molecule has 5 aliphatic rings. The number of alkyl halides is 2. The number of nitriles is 1. The fourth-order valence-electron chi connectivity index (χ4n) is 7.21. The van der Waals surface area contributed by atoms with Crippen LogP contribution in [0.15, 0.2) is 36.4 Å². The van der Waals surface area contributed by atoms with Gasteiger partial charge in [0.1, 0.15) is 12.1 Å². The van der Waals surface area contributed by atoms with Crippen molar-refractivity contribution in [2.75, 3.05) is 6.54 Å². The molecule has 42 heavy (non-hydrogen) atoms. The van der Waals surface area contributed by atoms with Crippen LogP contribution in [0.3, 0.4) is 0 Å². The van der Waals surface area contributed by atoms with Crippen LogP contribution in [0.5, 0.6) is 0 Å². The van der Waals surface area contributed by atoms with E-state index in [1.165, 1.54) is 12.1 Å².